The number of rotatable bonds is 7. The lowest BCUT2D eigenvalue weighted by Crippen LogP contribution is -2.40. The number of carbonyl (C=O) groups excluding carboxylic acids is 2. The molecule has 27 heavy (non-hydrogen) atoms. The van der Waals surface area contributed by atoms with Crippen molar-refractivity contribution in [1.29, 1.82) is 0 Å². The molecule has 0 radical (unpaired) electrons. The first kappa shape index (κ1) is 18.2. The van der Waals surface area contributed by atoms with Gasteiger partial charge in [0, 0.05) is 24.6 Å². The summed E-state index contributed by atoms with van der Waals surface area (Å²) in [6.07, 6.45) is 1.52. The van der Waals surface area contributed by atoms with Gasteiger partial charge in [0.1, 0.15) is 17.1 Å². The lowest BCUT2D eigenvalue weighted by atomic mass is 10.2. The average Bonchev–Trinajstić information content (AvgIpc) is 3.17. The number of furan rings is 1. The van der Waals surface area contributed by atoms with Crippen LogP contribution in [0, 0.1) is 0 Å². The zero-order valence-electron chi connectivity index (χ0n) is 14.6. The molecule has 0 atom stereocenters. The van der Waals surface area contributed by atoms with Crippen LogP contribution in [-0.4, -0.2) is 36.9 Å². The third kappa shape index (κ3) is 4.97. The number of benzene rings is 1. The Balaban J connectivity index is 1.49. The highest BCUT2D eigenvalue weighted by Gasteiger charge is 2.14. The van der Waals surface area contributed by atoms with Gasteiger partial charge in [0.25, 0.3) is 5.91 Å². The van der Waals surface area contributed by atoms with Crippen molar-refractivity contribution in [2.75, 3.05) is 20.2 Å². The molecule has 3 aromatic rings. The Labute approximate surface area is 154 Å². The largest absolute Gasteiger partial charge is 0.484 e. The molecule has 140 valence electrons. The van der Waals surface area contributed by atoms with E-state index in [0.29, 0.717) is 17.1 Å². The van der Waals surface area contributed by atoms with Crippen molar-refractivity contribution >= 4 is 22.8 Å². The molecule has 8 nitrogen and oxygen atoms in total. The SMILES string of the molecule is CN(CC(=O)NCc1ccco1)C(=O)COc1ccc2ccc(=O)oc2c1. The second-order valence-corrected chi connectivity index (χ2v) is 5.85. The van der Waals surface area contributed by atoms with Crippen molar-refractivity contribution in [3.8, 4) is 5.75 Å². The Morgan fingerprint density at radius 2 is 2.00 bits per heavy atom. The number of likely N-dealkylation sites (N-methyl/N-ethyl adjacent to an activating group) is 1. The first-order chi connectivity index (χ1) is 13.0. The summed E-state index contributed by atoms with van der Waals surface area (Å²) in [6.45, 7) is -0.0906. The second kappa shape index (κ2) is 8.22. The average molecular weight is 370 g/mol. The first-order valence-electron chi connectivity index (χ1n) is 8.21. The van der Waals surface area contributed by atoms with E-state index in [-0.39, 0.29) is 31.5 Å². The maximum Gasteiger partial charge on any atom is 0.336 e. The summed E-state index contributed by atoms with van der Waals surface area (Å²) in [7, 11) is 1.51. The van der Waals surface area contributed by atoms with Gasteiger partial charge in [-0.2, -0.15) is 0 Å². The van der Waals surface area contributed by atoms with Crippen LogP contribution < -0.4 is 15.7 Å². The van der Waals surface area contributed by atoms with Gasteiger partial charge in [-0.25, -0.2) is 4.79 Å². The number of amides is 2. The molecule has 0 unspecified atom stereocenters. The highest BCUT2D eigenvalue weighted by molar-refractivity contribution is 5.85. The van der Waals surface area contributed by atoms with Gasteiger partial charge in [0.2, 0.25) is 5.91 Å². The fourth-order valence-electron chi connectivity index (χ4n) is 2.34. The molecule has 1 aromatic carbocycles. The molecule has 2 amide bonds. The van der Waals surface area contributed by atoms with E-state index in [1.54, 1.807) is 36.4 Å². The summed E-state index contributed by atoms with van der Waals surface area (Å²) >= 11 is 0. The van der Waals surface area contributed by atoms with Gasteiger partial charge in [-0.15, -0.1) is 0 Å². The van der Waals surface area contributed by atoms with E-state index in [1.807, 2.05) is 0 Å². The maximum atomic E-state index is 12.1. The monoisotopic (exact) mass is 370 g/mol. The third-order valence-electron chi connectivity index (χ3n) is 3.80. The van der Waals surface area contributed by atoms with Crippen molar-refractivity contribution < 1.29 is 23.2 Å². The van der Waals surface area contributed by atoms with E-state index in [1.165, 1.54) is 24.3 Å². The number of carbonyl (C=O) groups is 2. The van der Waals surface area contributed by atoms with Crippen LogP contribution in [0.5, 0.6) is 5.75 Å². The molecule has 2 aromatic heterocycles. The summed E-state index contributed by atoms with van der Waals surface area (Å²) in [4.78, 5) is 36.5. The van der Waals surface area contributed by atoms with E-state index < -0.39 is 5.63 Å². The lowest BCUT2D eigenvalue weighted by molar-refractivity contribution is -0.136. The third-order valence-corrected chi connectivity index (χ3v) is 3.80. The molecule has 0 saturated carbocycles. The Hall–Kier alpha value is -3.55. The van der Waals surface area contributed by atoms with E-state index in [4.69, 9.17) is 13.6 Å². The number of ether oxygens (including phenoxy) is 1. The number of hydrogen-bond donors (Lipinski definition) is 1. The van der Waals surface area contributed by atoms with Crippen LogP contribution in [-0.2, 0) is 16.1 Å². The summed E-state index contributed by atoms with van der Waals surface area (Å²) < 4.78 is 15.6. The molecular formula is C19H18N2O6. The first-order valence-corrected chi connectivity index (χ1v) is 8.21. The number of fused-ring (bicyclic) bond motifs is 1. The molecule has 3 rings (SSSR count). The highest BCUT2D eigenvalue weighted by Crippen LogP contribution is 2.19. The second-order valence-electron chi connectivity index (χ2n) is 5.85. The van der Waals surface area contributed by atoms with E-state index >= 15 is 0 Å². The normalized spacial score (nSPS) is 10.6. The zero-order valence-corrected chi connectivity index (χ0v) is 14.6. The number of hydrogen-bond acceptors (Lipinski definition) is 6. The van der Waals surface area contributed by atoms with E-state index in [9.17, 15) is 14.4 Å². The van der Waals surface area contributed by atoms with Gasteiger partial charge in [-0.1, -0.05) is 0 Å². The van der Waals surface area contributed by atoms with Gasteiger partial charge in [0.15, 0.2) is 6.61 Å². The molecule has 0 fully saturated rings. The highest BCUT2D eigenvalue weighted by atomic mass is 16.5. The minimum atomic E-state index is -0.462. The van der Waals surface area contributed by atoms with Crippen LogP contribution in [0.4, 0.5) is 0 Å². The summed E-state index contributed by atoms with van der Waals surface area (Å²) in [6, 6.07) is 11.4. The van der Waals surface area contributed by atoms with Crippen LogP contribution in [0.2, 0.25) is 0 Å². The molecule has 0 aliphatic rings. The summed E-state index contributed by atoms with van der Waals surface area (Å²) in [5, 5.41) is 3.41. The molecular weight excluding hydrogens is 352 g/mol. The summed E-state index contributed by atoms with van der Waals surface area (Å²) in [5.74, 6) is 0.344. The van der Waals surface area contributed by atoms with Gasteiger partial charge in [0.05, 0.1) is 19.4 Å². The Morgan fingerprint density at radius 1 is 1.19 bits per heavy atom. The minimum absolute atomic E-state index is 0.102. The predicted molar refractivity (Wildman–Crippen MR) is 96.2 cm³/mol. The lowest BCUT2D eigenvalue weighted by Gasteiger charge is -2.17. The summed E-state index contributed by atoms with van der Waals surface area (Å²) in [5.41, 5.74) is -0.0888. The van der Waals surface area contributed by atoms with Crippen molar-refractivity contribution in [2.24, 2.45) is 0 Å². The Kier molecular flexibility index (Phi) is 5.55. The van der Waals surface area contributed by atoms with Gasteiger partial charge in [-0.3, -0.25) is 9.59 Å². The molecule has 2 heterocycles. The van der Waals surface area contributed by atoms with Crippen molar-refractivity contribution in [1.82, 2.24) is 10.2 Å². The molecule has 0 aliphatic carbocycles. The number of nitrogens with one attached hydrogen (secondary N) is 1. The zero-order chi connectivity index (χ0) is 19.2. The topological polar surface area (TPSA) is 102 Å². The van der Waals surface area contributed by atoms with Crippen LogP contribution in [0.3, 0.4) is 0 Å². The van der Waals surface area contributed by atoms with E-state index in [0.717, 1.165) is 5.39 Å². The van der Waals surface area contributed by atoms with Crippen LogP contribution in [0.15, 0.2) is 62.4 Å². The molecule has 0 bridgehead atoms. The van der Waals surface area contributed by atoms with Gasteiger partial charge >= 0.3 is 5.63 Å². The van der Waals surface area contributed by atoms with Crippen LogP contribution in [0.1, 0.15) is 5.76 Å². The van der Waals surface area contributed by atoms with Crippen molar-refractivity contribution in [2.45, 2.75) is 6.54 Å². The standard InChI is InChI=1S/C19H18N2O6/c1-21(11-17(22)20-10-15-3-2-8-25-15)18(23)12-26-14-6-4-13-5-7-19(24)27-16(13)9-14/h2-9H,10-12H2,1H3,(H,20,22). The van der Waals surface area contributed by atoms with E-state index in [2.05, 4.69) is 5.32 Å². The van der Waals surface area contributed by atoms with Gasteiger partial charge < -0.3 is 23.8 Å². The van der Waals surface area contributed by atoms with Crippen LogP contribution in [0.25, 0.3) is 11.0 Å². The Bertz CT molecular complexity index is 993. The quantitative estimate of drug-likeness (QED) is 0.633. The van der Waals surface area contributed by atoms with Gasteiger partial charge in [-0.05, 0) is 30.3 Å². The minimum Gasteiger partial charge on any atom is -0.484 e. The molecule has 0 spiro atoms. The molecule has 1 N–H and O–H groups in total. The predicted octanol–water partition coefficient (Wildman–Crippen LogP) is 1.54. The number of nitrogens with zero attached hydrogens (tertiary/aromatic N) is 1. The van der Waals surface area contributed by atoms with Crippen molar-refractivity contribution in [3.05, 3.63) is 64.9 Å². The Morgan fingerprint density at radius 3 is 2.78 bits per heavy atom. The maximum absolute atomic E-state index is 12.1. The smallest absolute Gasteiger partial charge is 0.336 e. The van der Waals surface area contributed by atoms with Crippen LogP contribution >= 0.6 is 0 Å². The fraction of sp³-hybridized carbons (Fsp3) is 0.211. The van der Waals surface area contributed by atoms with Crippen molar-refractivity contribution in [3.63, 3.8) is 0 Å². The fourth-order valence-corrected chi connectivity index (χ4v) is 2.34. The molecule has 8 heteroatoms. The molecule has 0 saturated heterocycles. The molecule has 0 aliphatic heterocycles.